The molecule has 0 fully saturated rings. The molecule has 0 aliphatic heterocycles. The van der Waals surface area contributed by atoms with Crippen LogP contribution >= 0.6 is 0 Å². The first-order valence-corrected chi connectivity index (χ1v) is 5.48. The maximum atomic E-state index is 9.54. The molecule has 0 bridgehead atoms. The Bertz CT molecular complexity index is 498. The first kappa shape index (κ1) is 11.2. The largest absolute Gasteiger partial charge is 0.395 e. The summed E-state index contributed by atoms with van der Waals surface area (Å²) >= 11 is 0. The molecule has 16 heavy (non-hydrogen) atoms. The zero-order valence-corrected chi connectivity index (χ0v) is 9.77. The molecule has 0 aliphatic carbocycles. The van der Waals surface area contributed by atoms with Gasteiger partial charge in [0, 0.05) is 25.2 Å². The van der Waals surface area contributed by atoms with Crippen LogP contribution in [-0.4, -0.2) is 22.8 Å². The monoisotopic (exact) mass is 218 g/mol. The van der Waals surface area contributed by atoms with Crippen molar-refractivity contribution in [3.05, 3.63) is 36.0 Å². The van der Waals surface area contributed by atoms with Gasteiger partial charge < -0.3 is 15.4 Å². The maximum Gasteiger partial charge on any atom is 0.0538 e. The van der Waals surface area contributed by atoms with E-state index < -0.39 is 0 Å². The summed E-state index contributed by atoms with van der Waals surface area (Å²) in [6.07, 6.45) is 2.03. The van der Waals surface area contributed by atoms with E-state index in [0.717, 1.165) is 11.1 Å². The number of rotatable bonds is 3. The summed E-state index contributed by atoms with van der Waals surface area (Å²) in [7, 11) is 2.01. The molecule has 3 nitrogen and oxygen atoms in total. The number of para-hydroxylation sites is 1. The van der Waals surface area contributed by atoms with E-state index in [1.54, 1.807) is 0 Å². The fraction of sp³-hybridized carbons (Fsp3) is 0.385. The van der Waals surface area contributed by atoms with Crippen LogP contribution in [0.25, 0.3) is 10.9 Å². The second-order valence-electron chi connectivity index (χ2n) is 4.59. The van der Waals surface area contributed by atoms with Gasteiger partial charge in [-0.3, -0.25) is 0 Å². The number of nitrogens with zero attached hydrogens (tertiary/aromatic N) is 1. The van der Waals surface area contributed by atoms with Crippen molar-refractivity contribution >= 4 is 10.9 Å². The van der Waals surface area contributed by atoms with Gasteiger partial charge in [-0.25, -0.2) is 0 Å². The van der Waals surface area contributed by atoms with Crippen molar-refractivity contribution in [1.82, 2.24) is 4.57 Å². The number of aryl methyl sites for hydroxylation is 1. The van der Waals surface area contributed by atoms with E-state index in [1.165, 1.54) is 5.39 Å². The van der Waals surface area contributed by atoms with Crippen LogP contribution < -0.4 is 5.73 Å². The number of aliphatic hydroxyl groups is 1. The van der Waals surface area contributed by atoms with Gasteiger partial charge in [0.25, 0.3) is 0 Å². The van der Waals surface area contributed by atoms with E-state index in [1.807, 2.05) is 32.3 Å². The van der Waals surface area contributed by atoms with E-state index in [-0.39, 0.29) is 12.0 Å². The normalized spacial score (nSPS) is 15.2. The molecule has 86 valence electrons. The number of benzene rings is 1. The quantitative estimate of drug-likeness (QED) is 0.818. The van der Waals surface area contributed by atoms with Crippen LogP contribution in [0.5, 0.6) is 0 Å². The third-order valence-corrected chi connectivity index (χ3v) is 3.35. The van der Waals surface area contributed by atoms with Crippen molar-refractivity contribution in [1.29, 1.82) is 0 Å². The minimum atomic E-state index is -0.369. The van der Waals surface area contributed by atoms with Gasteiger partial charge in [0.05, 0.1) is 12.1 Å². The molecule has 3 N–H and O–H groups in total. The Morgan fingerprint density at radius 2 is 2.12 bits per heavy atom. The summed E-state index contributed by atoms with van der Waals surface area (Å²) < 4.78 is 2.08. The van der Waals surface area contributed by atoms with Crippen molar-refractivity contribution in [3.63, 3.8) is 0 Å². The van der Waals surface area contributed by atoms with Gasteiger partial charge in [0.15, 0.2) is 0 Å². The van der Waals surface area contributed by atoms with E-state index in [0.29, 0.717) is 6.54 Å². The lowest BCUT2D eigenvalue weighted by atomic mass is 9.82. The predicted molar refractivity (Wildman–Crippen MR) is 66.4 cm³/mol. The van der Waals surface area contributed by atoms with E-state index in [2.05, 4.69) is 16.7 Å². The number of aliphatic hydroxyl groups excluding tert-OH is 1. The summed E-state index contributed by atoms with van der Waals surface area (Å²) in [5, 5.41) is 10.7. The van der Waals surface area contributed by atoms with E-state index >= 15 is 0 Å². The van der Waals surface area contributed by atoms with Crippen molar-refractivity contribution in [2.75, 3.05) is 13.2 Å². The molecule has 0 amide bonds. The molecule has 1 aromatic carbocycles. The molecule has 2 aromatic rings. The van der Waals surface area contributed by atoms with Crippen LogP contribution in [0.1, 0.15) is 12.5 Å². The number of nitrogens with two attached hydrogens (primary N) is 1. The molecule has 0 saturated carbocycles. The highest BCUT2D eigenvalue weighted by Crippen LogP contribution is 2.29. The number of fused-ring (bicyclic) bond motifs is 1. The molecular formula is C13H18N2O. The van der Waals surface area contributed by atoms with Gasteiger partial charge in [0.2, 0.25) is 0 Å². The number of hydrogen-bond acceptors (Lipinski definition) is 2. The zero-order chi connectivity index (χ0) is 11.8. The average molecular weight is 218 g/mol. The summed E-state index contributed by atoms with van der Waals surface area (Å²) in [5.74, 6) is 0. The number of hydrogen-bond donors (Lipinski definition) is 2. The fourth-order valence-electron chi connectivity index (χ4n) is 2.10. The summed E-state index contributed by atoms with van der Waals surface area (Å²) in [4.78, 5) is 0. The summed E-state index contributed by atoms with van der Waals surface area (Å²) in [6, 6.07) is 8.22. The lowest BCUT2D eigenvalue weighted by Gasteiger charge is -2.27. The van der Waals surface area contributed by atoms with Gasteiger partial charge in [-0.15, -0.1) is 0 Å². The topological polar surface area (TPSA) is 51.2 Å². The highest BCUT2D eigenvalue weighted by Gasteiger charge is 2.26. The van der Waals surface area contributed by atoms with Gasteiger partial charge in [-0.2, -0.15) is 0 Å². The minimum Gasteiger partial charge on any atom is -0.395 e. The maximum absolute atomic E-state index is 9.54. The third kappa shape index (κ3) is 1.52. The Labute approximate surface area is 95.5 Å². The first-order chi connectivity index (χ1) is 7.62. The van der Waals surface area contributed by atoms with Crippen molar-refractivity contribution in [2.45, 2.75) is 12.3 Å². The van der Waals surface area contributed by atoms with E-state index in [4.69, 9.17) is 5.73 Å². The Kier molecular flexibility index (Phi) is 2.74. The molecular weight excluding hydrogens is 200 g/mol. The predicted octanol–water partition coefficient (Wildman–Crippen LogP) is 1.39. The lowest BCUT2D eigenvalue weighted by molar-refractivity contribution is 0.211. The van der Waals surface area contributed by atoms with Crippen molar-refractivity contribution in [3.8, 4) is 0 Å². The van der Waals surface area contributed by atoms with Crippen LogP contribution in [0.2, 0.25) is 0 Å². The van der Waals surface area contributed by atoms with Crippen LogP contribution in [0, 0.1) is 0 Å². The highest BCUT2D eigenvalue weighted by atomic mass is 16.3. The fourth-order valence-corrected chi connectivity index (χ4v) is 2.10. The van der Waals surface area contributed by atoms with Crippen molar-refractivity contribution in [2.24, 2.45) is 12.8 Å². The summed E-state index contributed by atoms with van der Waals surface area (Å²) in [5.41, 5.74) is 7.69. The first-order valence-electron chi connectivity index (χ1n) is 5.48. The Balaban J connectivity index is 2.72. The molecule has 1 unspecified atom stereocenters. The van der Waals surface area contributed by atoms with Crippen LogP contribution in [-0.2, 0) is 12.5 Å². The zero-order valence-electron chi connectivity index (χ0n) is 9.77. The molecule has 0 spiro atoms. The van der Waals surface area contributed by atoms with Gasteiger partial charge in [-0.05, 0) is 17.0 Å². The Morgan fingerprint density at radius 1 is 1.38 bits per heavy atom. The van der Waals surface area contributed by atoms with E-state index in [9.17, 15) is 5.11 Å². The third-order valence-electron chi connectivity index (χ3n) is 3.35. The van der Waals surface area contributed by atoms with Gasteiger partial charge in [-0.1, -0.05) is 25.1 Å². The molecule has 0 saturated heterocycles. The SMILES string of the molecule is Cn1ccc2cccc(C(C)(CN)CO)c21. The second-order valence-corrected chi connectivity index (χ2v) is 4.59. The second kappa shape index (κ2) is 3.92. The van der Waals surface area contributed by atoms with Crippen LogP contribution in [0.3, 0.4) is 0 Å². The molecule has 2 rings (SSSR count). The van der Waals surface area contributed by atoms with Crippen LogP contribution in [0.4, 0.5) is 0 Å². The van der Waals surface area contributed by atoms with Crippen molar-refractivity contribution < 1.29 is 5.11 Å². The molecule has 0 radical (unpaired) electrons. The minimum absolute atomic E-state index is 0.0633. The molecule has 0 aliphatic rings. The summed E-state index contributed by atoms with van der Waals surface area (Å²) in [6.45, 7) is 2.50. The van der Waals surface area contributed by atoms with Gasteiger partial charge >= 0.3 is 0 Å². The standard InChI is InChI=1S/C13H18N2O/c1-13(8-14,9-16)11-5-3-4-10-6-7-15(2)12(10)11/h3-7,16H,8-9,14H2,1-2H3. The smallest absolute Gasteiger partial charge is 0.0538 e. The molecule has 1 aromatic heterocycles. The lowest BCUT2D eigenvalue weighted by Crippen LogP contribution is -2.36. The van der Waals surface area contributed by atoms with Crippen LogP contribution in [0.15, 0.2) is 30.5 Å². The Morgan fingerprint density at radius 3 is 2.75 bits per heavy atom. The van der Waals surface area contributed by atoms with Gasteiger partial charge in [0.1, 0.15) is 0 Å². The average Bonchev–Trinajstić information content (AvgIpc) is 2.70. The number of aromatic nitrogens is 1. The molecule has 3 heteroatoms. The molecule has 1 heterocycles. The molecule has 1 atom stereocenters. The highest BCUT2D eigenvalue weighted by molar-refractivity contribution is 5.84. The Hall–Kier alpha value is -1.32.